The summed E-state index contributed by atoms with van der Waals surface area (Å²) in [5, 5.41) is 6.39. The largest absolute Gasteiger partial charge is 0.355 e. The zero-order chi connectivity index (χ0) is 28.1. The Morgan fingerprint density at radius 1 is 0.488 bits per heavy atom. The monoisotopic (exact) mass is 561 g/mol. The van der Waals surface area contributed by atoms with Crippen molar-refractivity contribution >= 4 is 86.9 Å². The first-order valence-electron chi connectivity index (χ1n) is 13.5. The van der Waals surface area contributed by atoms with Crippen LogP contribution in [0.15, 0.2) is 123 Å². The molecule has 0 radical (unpaired) electrons. The number of aromatic amines is 1. The second-order valence-corrected chi connectivity index (χ2v) is 12.1. The van der Waals surface area contributed by atoms with Gasteiger partial charge < -0.3 is 4.98 Å². The third-order valence-electron chi connectivity index (χ3n) is 7.79. The molecule has 0 bridgehead atoms. The van der Waals surface area contributed by atoms with Crippen molar-refractivity contribution in [2.24, 2.45) is 0 Å². The molecule has 8 aromatic rings. The summed E-state index contributed by atoms with van der Waals surface area (Å²) < 4.78 is 3.93. The van der Waals surface area contributed by atoms with Gasteiger partial charge >= 0.3 is 0 Å². The number of hydrogen-bond acceptors (Lipinski definition) is 2. The van der Waals surface area contributed by atoms with Crippen LogP contribution < -0.4 is 0 Å². The maximum absolute atomic E-state index is 4.05. The summed E-state index contributed by atoms with van der Waals surface area (Å²) in [7, 11) is 0. The van der Waals surface area contributed by atoms with Gasteiger partial charge in [-0.05, 0) is 82.4 Å². The molecule has 196 valence electrons. The van der Waals surface area contributed by atoms with Crippen LogP contribution in [0.2, 0.25) is 0 Å². The van der Waals surface area contributed by atoms with E-state index >= 15 is 0 Å². The molecule has 41 heavy (non-hydrogen) atoms. The first-order chi connectivity index (χ1) is 20.2. The molecule has 0 saturated carbocycles. The van der Waals surface area contributed by atoms with Gasteiger partial charge in [-0.15, -0.1) is 35.8 Å². The zero-order valence-electron chi connectivity index (χ0n) is 22.5. The second-order valence-electron chi connectivity index (χ2n) is 9.95. The van der Waals surface area contributed by atoms with Gasteiger partial charge in [0.25, 0.3) is 0 Å². The topological polar surface area (TPSA) is 15.8 Å². The van der Waals surface area contributed by atoms with Crippen molar-refractivity contribution < 1.29 is 0 Å². The van der Waals surface area contributed by atoms with Gasteiger partial charge in [0.05, 0.1) is 0 Å². The van der Waals surface area contributed by atoms with E-state index in [0.29, 0.717) is 0 Å². The Morgan fingerprint density at radius 3 is 1.61 bits per heavy atom. The number of nitrogens with one attached hydrogen (secondary N) is 1. The van der Waals surface area contributed by atoms with Crippen molar-refractivity contribution in [1.82, 2.24) is 4.98 Å². The fourth-order valence-corrected chi connectivity index (χ4v) is 7.96. The summed E-state index contributed by atoms with van der Waals surface area (Å²) in [6.45, 7) is 14.0. The molecule has 3 heteroatoms. The minimum Gasteiger partial charge on any atom is -0.355 e. The van der Waals surface area contributed by atoms with Crippen LogP contribution >= 0.6 is 22.7 Å². The van der Waals surface area contributed by atoms with E-state index in [2.05, 4.69) is 128 Å². The first kappa shape index (κ1) is 25.3. The third-order valence-corrected chi connectivity index (χ3v) is 10.1. The Kier molecular flexibility index (Phi) is 6.19. The van der Waals surface area contributed by atoms with Gasteiger partial charge in [-0.25, -0.2) is 0 Å². The van der Waals surface area contributed by atoms with Gasteiger partial charge in [0.15, 0.2) is 0 Å². The molecular formula is C38H27NS2. The number of rotatable bonds is 4. The molecule has 3 heterocycles. The maximum atomic E-state index is 4.05. The van der Waals surface area contributed by atoms with Gasteiger partial charge in [0, 0.05) is 56.9 Å². The SMILES string of the molecule is C=C.C=Cc1sc2ccc(-c3ccc4[nH]c5ccc(-c6ccc7sc8ccccc8c7c6)cc5c4c3)cc2c1C=C. The van der Waals surface area contributed by atoms with Crippen LogP contribution in [0.5, 0.6) is 0 Å². The molecule has 0 atom stereocenters. The third kappa shape index (κ3) is 4.05. The summed E-state index contributed by atoms with van der Waals surface area (Å²) in [5.41, 5.74) is 8.38. The van der Waals surface area contributed by atoms with Crippen LogP contribution in [-0.2, 0) is 0 Å². The molecule has 0 saturated heterocycles. The second kappa shape index (κ2) is 10.0. The maximum Gasteiger partial charge on any atom is 0.0465 e. The lowest BCUT2D eigenvalue weighted by Gasteiger charge is -2.05. The highest BCUT2D eigenvalue weighted by molar-refractivity contribution is 7.25. The number of aromatic nitrogens is 1. The van der Waals surface area contributed by atoms with Crippen molar-refractivity contribution in [1.29, 1.82) is 0 Å². The highest BCUT2D eigenvalue weighted by Gasteiger charge is 2.12. The lowest BCUT2D eigenvalue weighted by atomic mass is 9.98. The Balaban J connectivity index is 0.00000135. The number of thiophene rings is 2. The predicted octanol–water partition coefficient (Wildman–Crippen LogP) is 12.3. The zero-order valence-corrected chi connectivity index (χ0v) is 24.2. The molecule has 0 aliphatic carbocycles. The number of fused-ring (bicyclic) bond motifs is 7. The summed E-state index contributed by atoms with van der Waals surface area (Å²) in [6, 6.07) is 35.8. The smallest absolute Gasteiger partial charge is 0.0465 e. The Bertz CT molecular complexity index is 2290. The van der Waals surface area contributed by atoms with Crippen LogP contribution in [0.1, 0.15) is 10.4 Å². The van der Waals surface area contributed by atoms with Crippen molar-refractivity contribution in [3.05, 3.63) is 134 Å². The number of hydrogen-bond donors (Lipinski definition) is 1. The van der Waals surface area contributed by atoms with E-state index in [9.17, 15) is 0 Å². The summed E-state index contributed by atoms with van der Waals surface area (Å²) in [4.78, 5) is 4.79. The quantitative estimate of drug-likeness (QED) is 0.206. The molecule has 3 aromatic heterocycles. The lowest BCUT2D eigenvalue weighted by Crippen LogP contribution is -1.80. The molecule has 8 rings (SSSR count). The Morgan fingerprint density at radius 2 is 1.00 bits per heavy atom. The summed E-state index contributed by atoms with van der Waals surface area (Å²) in [6.07, 6.45) is 3.87. The highest BCUT2D eigenvalue weighted by atomic mass is 32.1. The van der Waals surface area contributed by atoms with E-state index in [4.69, 9.17) is 0 Å². The standard InChI is InChI=1S/C36H23NS2.C2H4/c1-3-25-29-19-23(11-15-35(29)38-33(25)4-2)21-9-13-31-27(17-21)28-18-22(10-14-32(28)37-31)24-12-16-36-30(20-24)26-7-5-6-8-34(26)39-36;1-2/h3-20,37H,1-2H2;1-2H2. The van der Waals surface area contributed by atoms with Crippen molar-refractivity contribution in [2.75, 3.05) is 0 Å². The fraction of sp³-hybridized carbons (Fsp3) is 0. The van der Waals surface area contributed by atoms with E-state index in [-0.39, 0.29) is 0 Å². The van der Waals surface area contributed by atoms with Crippen LogP contribution in [0.4, 0.5) is 0 Å². The van der Waals surface area contributed by atoms with E-state index in [1.54, 1.807) is 11.3 Å². The van der Waals surface area contributed by atoms with Gasteiger partial charge in [-0.3, -0.25) is 0 Å². The average Bonchev–Trinajstić information content (AvgIpc) is 3.71. The number of benzene rings is 5. The van der Waals surface area contributed by atoms with Gasteiger partial charge in [0.1, 0.15) is 0 Å². The normalized spacial score (nSPS) is 11.3. The molecule has 5 aromatic carbocycles. The molecule has 0 amide bonds. The fourth-order valence-electron chi connectivity index (χ4n) is 5.84. The molecule has 0 aliphatic rings. The molecular weight excluding hydrogens is 535 g/mol. The predicted molar refractivity (Wildman–Crippen MR) is 186 cm³/mol. The molecule has 0 fully saturated rings. The summed E-state index contributed by atoms with van der Waals surface area (Å²) >= 11 is 3.63. The van der Waals surface area contributed by atoms with Crippen molar-refractivity contribution in [2.45, 2.75) is 0 Å². The van der Waals surface area contributed by atoms with Gasteiger partial charge in [-0.1, -0.05) is 67.8 Å². The average molecular weight is 562 g/mol. The molecule has 0 spiro atoms. The van der Waals surface area contributed by atoms with E-state index in [0.717, 1.165) is 11.0 Å². The molecule has 0 unspecified atom stereocenters. The Labute approximate surface area is 247 Å². The van der Waals surface area contributed by atoms with Crippen molar-refractivity contribution in [3.8, 4) is 22.3 Å². The minimum absolute atomic E-state index is 1.16. The van der Waals surface area contributed by atoms with Crippen LogP contribution in [0, 0.1) is 0 Å². The van der Waals surface area contributed by atoms with Crippen molar-refractivity contribution in [3.63, 3.8) is 0 Å². The number of H-pyrrole nitrogens is 1. The molecule has 1 nitrogen and oxygen atoms in total. The molecule has 1 N–H and O–H groups in total. The van der Waals surface area contributed by atoms with E-state index < -0.39 is 0 Å². The minimum atomic E-state index is 1.16. The molecule has 0 aliphatic heterocycles. The summed E-state index contributed by atoms with van der Waals surface area (Å²) in [5.74, 6) is 0. The lowest BCUT2D eigenvalue weighted by molar-refractivity contribution is 1.54. The van der Waals surface area contributed by atoms with E-state index in [1.807, 2.05) is 23.5 Å². The van der Waals surface area contributed by atoms with E-state index in [1.165, 1.54) is 73.7 Å². The highest BCUT2D eigenvalue weighted by Crippen LogP contribution is 2.39. The van der Waals surface area contributed by atoms with Gasteiger partial charge in [-0.2, -0.15) is 0 Å². The Hall–Kier alpha value is -4.70. The first-order valence-corrected chi connectivity index (χ1v) is 15.1. The van der Waals surface area contributed by atoms with Crippen LogP contribution in [-0.4, -0.2) is 4.98 Å². The van der Waals surface area contributed by atoms with Gasteiger partial charge in [0.2, 0.25) is 0 Å². The van der Waals surface area contributed by atoms with Crippen LogP contribution in [0.3, 0.4) is 0 Å². The van der Waals surface area contributed by atoms with Crippen LogP contribution in [0.25, 0.3) is 86.5 Å².